The molecule has 21 heavy (non-hydrogen) atoms. The first-order chi connectivity index (χ1) is 9.94. The molecule has 1 atom stereocenters. The molecule has 6 heteroatoms. The minimum atomic E-state index is -3.59. The number of rotatable bonds is 5. The van der Waals surface area contributed by atoms with Gasteiger partial charge in [-0.1, -0.05) is 24.3 Å². The lowest BCUT2D eigenvalue weighted by Crippen LogP contribution is -2.15. The number of sulfonamides is 1. The van der Waals surface area contributed by atoms with E-state index in [2.05, 4.69) is 26.0 Å². The van der Waals surface area contributed by atoms with Crippen LogP contribution in [0.2, 0.25) is 0 Å². The van der Waals surface area contributed by atoms with Gasteiger partial charge in [-0.05, 0) is 59.7 Å². The van der Waals surface area contributed by atoms with Gasteiger partial charge < -0.3 is 5.32 Å². The standard InChI is InChI=1S/C15H17BrN2O2S/c1-11(17-2)12-7-9-13(10-8-12)21(19,20)18-15-6-4-3-5-14(15)16/h3-11,17-18H,1-2H3. The predicted molar refractivity (Wildman–Crippen MR) is 88.9 cm³/mol. The maximum atomic E-state index is 12.4. The van der Waals surface area contributed by atoms with Crippen molar-refractivity contribution in [1.82, 2.24) is 5.32 Å². The molecule has 0 bridgehead atoms. The van der Waals surface area contributed by atoms with Crippen molar-refractivity contribution in [2.45, 2.75) is 17.9 Å². The molecule has 0 aliphatic carbocycles. The molecule has 0 saturated carbocycles. The van der Waals surface area contributed by atoms with Crippen LogP contribution in [0, 0.1) is 0 Å². The number of para-hydroxylation sites is 1. The third kappa shape index (κ3) is 3.84. The molecule has 2 N–H and O–H groups in total. The molecule has 0 amide bonds. The van der Waals surface area contributed by atoms with Crippen LogP contribution in [0.3, 0.4) is 0 Å². The minimum Gasteiger partial charge on any atom is -0.313 e. The van der Waals surface area contributed by atoms with Crippen LogP contribution in [-0.2, 0) is 10.0 Å². The molecule has 2 rings (SSSR count). The number of anilines is 1. The van der Waals surface area contributed by atoms with Crippen molar-refractivity contribution in [3.8, 4) is 0 Å². The molecular weight excluding hydrogens is 352 g/mol. The summed E-state index contributed by atoms with van der Waals surface area (Å²) in [5.41, 5.74) is 1.56. The summed E-state index contributed by atoms with van der Waals surface area (Å²) >= 11 is 3.33. The van der Waals surface area contributed by atoms with E-state index >= 15 is 0 Å². The Balaban J connectivity index is 2.26. The van der Waals surface area contributed by atoms with E-state index in [4.69, 9.17) is 0 Å². The molecule has 2 aromatic rings. The molecule has 0 aromatic heterocycles. The average Bonchev–Trinajstić information content (AvgIpc) is 2.49. The molecule has 0 aliphatic rings. The molecule has 0 spiro atoms. The van der Waals surface area contributed by atoms with Gasteiger partial charge >= 0.3 is 0 Å². The Bertz CT molecular complexity index is 715. The smallest absolute Gasteiger partial charge is 0.261 e. The zero-order valence-corrected chi connectivity index (χ0v) is 14.2. The van der Waals surface area contributed by atoms with E-state index < -0.39 is 10.0 Å². The van der Waals surface area contributed by atoms with Crippen LogP contribution in [-0.4, -0.2) is 15.5 Å². The molecule has 112 valence electrons. The first-order valence-corrected chi connectivity index (χ1v) is 8.76. The summed E-state index contributed by atoms with van der Waals surface area (Å²) in [6.45, 7) is 2.02. The normalized spacial score (nSPS) is 12.9. The molecule has 0 saturated heterocycles. The first kappa shape index (κ1) is 16.0. The Kier molecular flexibility index (Phi) is 5.03. The van der Waals surface area contributed by atoms with E-state index in [0.717, 1.165) is 5.56 Å². The zero-order valence-electron chi connectivity index (χ0n) is 11.8. The van der Waals surface area contributed by atoms with Crippen LogP contribution < -0.4 is 10.0 Å². The van der Waals surface area contributed by atoms with E-state index in [1.165, 1.54) is 0 Å². The largest absolute Gasteiger partial charge is 0.313 e. The highest BCUT2D eigenvalue weighted by Crippen LogP contribution is 2.25. The van der Waals surface area contributed by atoms with Crippen LogP contribution in [0.4, 0.5) is 5.69 Å². The Labute approximate surface area is 133 Å². The van der Waals surface area contributed by atoms with Gasteiger partial charge in [-0.25, -0.2) is 8.42 Å². The number of halogens is 1. The molecule has 0 aliphatic heterocycles. The second-order valence-electron chi connectivity index (χ2n) is 4.66. The fourth-order valence-corrected chi connectivity index (χ4v) is 3.44. The molecular formula is C15H17BrN2O2S. The molecule has 0 radical (unpaired) electrons. The van der Waals surface area contributed by atoms with E-state index in [9.17, 15) is 8.42 Å². The van der Waals surface area contributed by atoms with E-state index in [0.29, 0.717) is 10.2 Å². The van der Waals surface area contributed by atoms with Crippen LogP contribution in [0.1, 0.15) is 18.5 Å². The third-order valence-electron chi connectivity index (χ3n) is 3.24. The van der Waals surface area contributed by atoms with E-state index in [1.54, 1.807) is 30.3 Å². The molecule has 0 heterocycles. The third-order valence-corrected chi connectivity index (χ3v) is 5.31. The fraction of sp³-hybridized carbons (Fsp3) is 0.200. The average molecular weight is 369 g/mol. The van der Waals surface area contributed by atoms with Gasteiger partial charge in [0.25, 0.3) is 10.0 Å². The number of benzene rings is 2. The lowest BCUT2D eigenvalue weighted by molar-refractivity contribution is 0.601. The topological polar surface area (TPSA) is 58.2 Å². The van der Waals surface area contributed by atoms with Crippen molar-refractivity contribution >= 4 is 31.6 Å². The highest BCUT2D eigenvalue weighted by atomic mass is 79.9. The SMILES string of the molecule is CNC(C)c1ccc(S(=O)(=O)Nc2ccccc2Br)cc1. The van der Waals surface area contributed by atoms with E-state index in [1.807, 2.05) is 32.2 Å². The Morgan fingerprint density at radius 2 is 1.67 bits per heavy atom. The number of hydrogen-bond donors (Lipinski definition) is 2. The number of hydrogen-bond acceptors (Lipinski definition) is 3. The molecule has 0 fully saturated rings. The van der Waals surface area contributed by atoms with Gasteiger partial charge in [0.1, 0.15) is 0 Å². The van der Waals surface area contributed by atoms with Crippen LogP contribution in [0.15, 0.2) is 57.9 Å². The van der Waals surface area contributed by atoms with Crippen LogP contribution in [0.5, 0.6) is 0 Å². The van der Waals surface area contributed by atoms with Crippen molar-refractivity contribution in [1.29, 1.82) is 0 Å². The van der Waals surface area contributed by atoms with Crippen molar-refractivity contribution in [3.05, 3.63) is 58.6 Å². The van der Waals surface area contributed by atoms with Gasteiger partial charge in [-0.15, -0.1) is 0 Å². The van der Waals surface area contributed by atoms with Gasteiger partial charge in [0.15, 0.2) is 0 Å². The fourth-order valence-electron chi connectivity index (χ4n) is 1.85. The highest BCUT2D eigenvalue weighted by Gasteiger charge is 2.15. The van der Waals surface area contributed by atoms with Gasteiger partial charge in [0.2, 0.25) is 0 Å². The van der Waals surface area contributed by atoms with Crippen LogP contribution >= 0.6 is 15.9 Å². The Morgan fingerprint density at radius 3 is 2.24 bits per heavy atom. The Morgan fingerprint density at radius 1 is 1.05 bits per heavy atom. The quantitative estimate of drug-likeness (QED) is 0.848. The van der Waals surface area contributed by atoms with Gasteiger partial charge in [0.05, 0.1) is 10.6 Å². The van der Waals surface area contributed by atoms with Crippen molar-refractivity contribution in [2.75, 3.05) is 11.8 Å². The Hall–Kier alpha value is -1.37. The van der Waals surface area contributed by atoms with Crippen molar-refractivity contribution in [2.24, 2.45) is 0 Å². The second kappa shape index (κ2) is 6.60. The van der Waals surface area contributed by atoms with Crippen molar-refractivity contribution < 1.29 is 8.42 Å². The van der Waals surface area contributed by atoms with E-state index in [-0.39, 0.29) is 10.9 Å². The maximum Gasteiger partial charge on any atom is 0.261 e. The predicted octanol–water partition coefficient (Wildman–Crippen LogP) is 3.53. The van der Waals surface area contributed by atoms with Gasteiger partial charge in [-0.3, -0.25) is 4.72 Å². The summed E-state index contributed by atoms with van der Waals surface area (Å²) in [7, 11) is -1.72. The molecule has 4 nitrogen and oxygen atoms in total. The number of nitrogens with one attached hydrogen (secondary N) is 2. The summed E-state index contributed by atoms with van der Waals surface area (Å²) in [5, 5.41) is 3.12. The summed E-state index contributed by atoms with van der Waals surface area (Å²) in [6, 6.07) is 14.1. The highest BCUT2D eigenvalue weighted by molar-refractivity contribution is 9.10. The molecule has 2 aromatic carbocycles. The summed E-state index contributed by atoms with van der Waals surface area (Å²) in [6.07, 6.45) is 0. The first-order valence-electron chi connectivity index (χ1n) is 6.48. The van der Waals surface area contributed by atoms with Gasteiger partial charge in [-0.2, -0.15) is 0 Å². The summed E-state index contributed by atoms with van der Waals surface area (Å²) in [5.74, 6) is 0. The van der Waals surface area contributed by atoms with Crippen LogP contribution in [0.25, 0.3) is 0 Å². The minimum absolute atomic E-state index is 0.179. The molecule has 1 unspecified atom stereocenters. The lowest BCUT2D eigenvalue weighted by atomic mass is 10.1. The monoisotopic (exact) mass is 368 g/mol. The second-order valence-corrected chi connectivity index (χ2v) is 7.20. The lowest BCUT2D eigenvalue weighted by Gasteiger charge is -2.12. The van der Waals surface area contributed by atoms with Gasteiger partial charge in [0, 0.05) is 10.5 Å². The summed E-state index contributed by atoms with van der Waals surface area (Å²) < 4.78 is 28.0. The van der Waals surface area contributed by atoms with Crippen molar-refractivity contribution in [3.63, 3.8) is 0 Å². The zero-order chi connectivity index (χ0) is 15.5. The summed E-state index contributed by atoms with van der Waals surface area (Å²) in [4.78, 5) is 0.241. The maximum absolute atomic E-state index is 12.4.